The second kappa shape index (κ2) is 5.53. The average molecular weight is 291 g/mol. The predicted molar refractivity (Wildman–Crippen MR) is 86.8 cm³/mol. The molecule has 4 nitrogen and oxygen atoms in total. The normalized spacial score (nSPS) is 10.6. The van der Waals surface area contributed by atoms with Crippen LogP contribution >= 0.6 is 0 Å². The van der Waals surface area contributed by atoms with Crippen molar-refractivity contribution < 1.29 is 4.74 Å². The fourth-order valence-corrected chi connectivity index (χ4v) is 2.59. The summed E-state index contributed by atoms with van der Waals surface area (Å²) in [6.07, 6.45) is 0. The Kier molecular flexibility index (Phi) is 3.56. The highest BCUT2D eigenvalue weighted by Gasteiger charge is 2.14. The lowest BCUT2D eigenvalue weighted by Gasteiger charge is -2.07. The molecule has 0 radical (unpaired) electrons. The SMILES string of the molecule is COc1cccc(-c2nc3cc(C)c(C)cc3n2CC#N)c1. The molecule has 0 aliphatic carbocycles. The third-order valence-corrected chi connectivity index (χ3v) is 3.92. The van der Waals surface area contributed by atoms with Gasteiger partial charge in [0.2, 0.25) is 0 Å². The largest absolute Gasteiger partial charge is 0.497 e. The van der Waals surface area contributed by atoms with Gasteiger partial charge in [-0.1, -0.05) is 12.1 Å². The zero-order chi connectivity index (χ0) is 15.7. The van der Waals surface area contributed by atoms with Crippen LogP contribution in [-0.4, -0.2) is 16.7 Å². The smallest absolute Gasteiger partial charge is 0.142 e. The summed E-state index contributed by atoms with van der Waals surface area (Å²) >= 11 is 0. The van der Waals surface area contributed by atoms with Gasteiger partial charge >= 0.3 is 0 Å². The average Bonchev–Trinajstić information content (AvgIpc) is 2.86. The maximum absolute atomic E-state index is 9.17. The van der Waals surface area contributed by atoms with Gasteiger partial charge < -0.3 is 9.30 Å². The molecule has 110 valence electrons. The minimum atomic E-state index is 0.269. The Labute approximate surface area is 129 Å². The number of aromatic nitrogens is 2. The number of fused-ring (bicyclic) bond motifs is 1. The first-order chi connectivity index (χ1) is 10.6. The molecule has 0 bridgehead atoms. The monoisotopic (exact) mass is 291 g/mol. The molecular weight excluding hydrogens is 274 g/mol. The standard InChI is InChI=1S/C18H17N3O/c1-12-9-16-17(10-13(12)2)21(8-7-19)18(20-16)14-5-4-6-15(11-14)22-3/h4-6,9-11H,8H2,1-3H3. The number of nitrogens with zero attached hydrogens (tertiary/aromatic N) is 3. The van der Waals surface area contributed by atoms with E-state index in [4.69, 9.17) is 9.72 Å². The number of benzene rings is 2. The number of methoxy groups -OCH3 is 1. The molecule has 2 aromatic carbocycles. The predicted octanol–water partition coefficient (Wildman–Crippen LogP) is 3.85. The lowest BCUT2D eigenvalue weighted by Crippen LogP contribution is -1.99. The van der Waals surface area contributed by atoms with Gasteiger partial charge in [0.25, 0.3) is 0 Å². The summed E-state index contributed by atoms with van der Waals surface area (Å²) in [4.78, 5) is 4.74. The number of imidazole rings is 1. The van der Waals surface area contributed by atoms with Crippen molar-refractivity contribution in [3.05, 3.63) is 47.5 Å². The van der Waals surface area contributed by atoms with Gasteiger partial charge in [0.1, 0.15) is 18.1 Å². The summed E-state index contributed by atoms with van der Waals surface area (Å²) < 4.78 is 7.24. The summed E-state index contributed by atoms with van der Waals surface area (Å²) in [7, 11) is 1.64. The molecule has 0 saturated carbocycles. The highest BCUT2D eigenvalue weighted by molar-refractivity contribution is 5.82. The van der Waals surface area contributed by atoms with Gasteiger partial charge in [-0.3, -0.25) is 0 Å². The Morgan fingerprint density at radius 2 is 1.95 bits per heavy atom. The van der Waals surface area contributed by atoms with E-state index in [0.717, 1.165) is 28.2 Å². The summed E-state index contributed by atoms with van der Waals surface area (Å²) in [5.41, 5.74) is 5.25. The van der Waals surface area contributed by atoms with Gasteiger partial charge in [-0.25, -0.2) is 4.98 Å². The van der Waals surface area contributed by atoms with Gasteiger partial charge in [-0.15, -0.1) is 0 Å². The first kappa shape index (κ1) is 14.2. The highest BCUT2D eigenvalue weighted by Crippen LogP contribution is 2.28. The molecule has 0 atom stereocenters. The molecular formula is C18H17N3O. The van der Waals surface area contributed by atoms with Gasteiger partial charge in [-0.2, -0.15) is 5.26 Å². The molecule has 0 spiro atoms. The molecule has 0 N–H and O–H groups in total. The Balaban J connectivity index is 2.28. The molecule has 0 saturated heterocycles. The fraction of sp³-hybridized carbons (Fsp3) is 0.222. The van der Waals surface area contributed by atoms with E-state index in [9.17, 15) is 5.26 Å². The topological polar surface area (TPSA) is 50.8 Å². The first-order valence-corrected chi connectivity index (χ1v) is 7.13. The molecule has 3 rings (SSSR count). The second-order valence-electron chi connectivity index (χ2n) is 5.34. The van der Waals surface area contributed by atoms with Crippen LogP contribution in [0.5, 0.6) is 5.75 Å². The Morgan fingerprint density at radius 1 is 1.18 bits per heavy atom. The van der Waals surface area contributed by atoms with Crippen LogP contribution < -0.4 is 4.74 Å². The van der Waals surface area contributed by atoms with E-state index in [1.807, 2.05) is 28.8 Å². The molecule has 0 amide bonds. The van der Waals surface area contributed by atoms with Crippen LogP contribution in [0.3, 0.4) is 0 Å². The van der Waals surface area contributed by atoms with Crippen LogP contribution in [0.25, 0.3) is 22.4 Å². The summed E-state index contributed by atoms with van der Waals surface area (Å²) in [5.74, 6) is 1.57. The Hall–Kier alpha value is -2.80. The minimum Gasteiger partial charge on any atom is -0.497 e. The van der Waals surface area contributed by atoms with E-state index in [0.29, 0.717) is 0 Å². The number of ether oxygens (including phenoxy) is 1. The molecule has 1 heterocycles. The third kappa shape index (κ3) is 2.31. The molecule has 22 heavy (non-hydrogen) atoms. The lowest BCUT2D eigenvalue weighted by atomic mass is 10.1. The molecule has 1 aromatic heterocycles. The van der Waals surface area contributed by atoms with Crippen LogP contribution in [0.1, 0.15) is 11.1 Å². The van der Waals surface area contributed by atoms with Crippen LogP contribution in [0.15, 0.2) is 36.4 Å². The van der Waals surface area contributed by atoms with Crippen molar-refractivity contribution in [3.63, 3.8) is 0 Å². The van der Waals surface area contributed by atoms with E-state index in [1.54, 1.807) is 7.11 Å². The van der Waals surface area contributed by atoms with Crippen LogP contribution in [0.2, 0.25) is 0 Å². The minimum absolute atomic E-state index is 0.269. The number of nitriles is 1. The lowest BCUT2D eigenvalue weighted by molar-refractivity contribution is 0.415. The summed E-state index contributed by atoms with van der Waals surface area (Å²) in [5, 5.41) is 9.17. The van der Waals surface area contributed by atoms with Crippen LogP contribution in [0.4, 0.5) is 0 Å². The van der Waals surface area contributed by atoms with E-state index >= 15 is 0 Å². The molecule has 4 heteroatoms. The highest BCUT2D eigenvalue weighted by atomic mass is 16.5. The zero-order valence-electron chi connectivity index (χ0n) is 12.9. The van der Waals surface area contributed by atoms with Crippen molar-refractivity contribution in [2.75, 3.05) is 7.11 Å². The van der Waals surface area contributed by atoms with Crippen molar-refractivity contribution in [1.29, 1.82) is 5.26 Å². The van der Waals surface area contributed by atoms with Crippen molar-refractivity contribution in [1.82, 2.24) is 9.55 Å². The van der Waals surface area contributed by atoms with Crippen molar-refractivity contribution in [2.24, 2.45) is 0 Å². The maximum atomic E-state index is 9.17. The van der Waals surface area contributed by atoms with Crippen LogP contribution in [0, 0.1) is 25.2 Å². The van der Waals surface area contributed by atoms with Gasteiger partial charge in [0, 0.05) is 5.56 Å². The maximum Gasteiger partial charge on any atom is 0.142 e. The summed E-state index contributed by atoms with van der Waals surface area (Å²) in [6, 6.07) is 14.1. The van der Waals surface area contributed by atoms with Crippen LogP contribution in [-0.2, 0) is 6.54 Å². The number of hydrogen-bond donors (Lipinski definition) is 0. The van der Waals surface area contributed by atoms with Gasteiger partial charge in [0.05, 0.1) is 24.2 Å². The van der Waals surface area contributed by atoms with E-state index in [-0.39, 0.29) is 6.54 Å². The first-order valence-electron chi connectivity index (χ1n) is 7.13. The second-order valence-corrected chi connectivity index (χ2v) is 5.34. The number of rotatable bonds is 3. The summed E-state index contributed by atoms with van der Waals surface area (Å²) in [6.45, 7) is 4.42. The molecule has 0 aliphatic heterocycles. The number of hydrogen-bond acceptors (Lipinski definition) is 3. The van der Waals surface area contributed by atoms with Crippen molar-refractivity contribution in [2.45, 2.75) is 20.4 Å². The fourth-order valence-electron chi connectivity index (χ4n) is 2.59. The van der Waals surface area contributed by atoms with Crippen molar-refractivity contribution in [3.8, 4) is 23.2 Å². The van der Waals surface area contributed by atoms with Gasteiger partial charge in [0.15, 0.2) is 0 Å². The zero-order valence-corrected chi connectivity index (χ0v) is 12.9. The molecule has 0 fully saturated rings. The molecule has 0 aliphatic rings. The van der Waals surface area contributed by atoms with E-state index in [1.165, 1.54) is 11.1 Å². The Bertz CT molecular complexity index is 887. The van der Waals surface area contributed by atoms with Gasteiger partial charge in [-0.05, 0) is 49.2 Å². The number of aryl methyl sites for hydroxylation is 2. The van der Waals surface area contributed by atoms with E-state index < -0.39 is 0 Å². The molecule has 0 unspecified atom stereocenters. The van der Waals surface area contributed by atoms with E-state index in [2.05, 4.69) is 32.0 Å². The third-order valence-electron chi connectivity index (χ3n) is 3.92. The quantitative estimate of drug-likeness (QED) is 0.736. The Morgan fingerprint density at radius 3 is 2.68 bits per heavy atom. The van der Waals surface area contributed by atoms with Crippen molar-refractivity contribution >= 4 is 11.0 Å². The molecule has 3 aromatic rings.